The zero-order valence-corrected chi connectivity index (χ0v) is 19.0. The third kappa shape index (κ3) is 5.17. The maximum absolute atomic E-state index is 11.3. The zero-order valence-electron chi connectivity index (χ0n) is 18.2. The Morgan fingerprint density at radius 2 is 1.81 bits per heavy atom. The number of benzene rings is 1. The number of nitrogens with zero attached hydrogens (tertiary/aromatic N) is 2. The van der Waals surface area contributed by atoms with Crippen molar-refractivity contribution in [1.29, 1.82) is 0 Å². The van der Waals surface area contributed by atoms with Gasteiger partial charge in [-0.05, 0) is 62.3 Å². The van der Waals surface area contributed by atoms with Gasteiger partial charge in [0.2, 0.25) is 5.88 Å². The van der Waals surface area contributed by atoms with E-state index in [2.05, 4.69) is 41.9 Å². The van der Waals surface area contributed by atoms with Crippen molar-refractivity contribution in [3.8, 4) is 5.88 Å². The van der Waals surface area contributed by atoms with Crippen LogP contribution >= 0.6 is 0 Å². The van der Waals surface area contributed by atoms with Crippen LogP contribution in [0, 0.1) is 6.92 Å². The van der Waals surface area contributed by atoms with Crippen molar-refractivity contribution in [3.63, 3.8) is 0 Å². The summed E-state index contributed by atoms with van der Waals surface area (Å²) in [5.41, 5.74) is 8.03. The molecule has 0 bridgehead atoms. The molecule has 1 saturated heterocycles. The van der Waals surface area contributed by atoms with Crippen LogP contribution in [0.3, 0.4) is 0 Å². The molecule has 0 amide bonds. The van der Waals surface area contributed by atoms with Gasteiger partial charge in [0.1, 0.15) is 0 Å². The van der Waals surface area contributed by atoms with Crippen LogP contribution in [0.2, 0.25) is 0 Å². The summed E-state index contributed by atoms with van der Waals surface area (Å²) in [6.45, 7) is 7.51. The van der Waals surface area contributed by atoms with Gasteiger partial charge in [0, 0.05) is 24.7 Å². The molecule has 6 nitrogen and oxygen atoms in total. The summed E-state index contributed by atoms with van der Waals surface area (Å²) in [4.78, 5) is 7.09. The molecule has 166 valence electrons. The number of unbranched alkanes of at least 4 members (excludes halogenated alkanes) is 1. The highest BCUT2D eigenvalue weighted by Gasteiger charge is 2.26. The van der Waals surface area contributed by atoms with Gasteiger partial charge in [0.15, 0.2) is 0 Å². The molecule has 0 atom stereocenters. The first-order valence-electron chi connectivity index (χ1n) is 11.1. The van der Waals surface area contributed by atoms with Gasteiger partial charge in [-0.2, -0.15) is 8.42 Å². The summed E-state index contributed by atoms with van der Waals surface area (Å²) in [6, 6.07) is 9.93. The predicted molar refractivity (Wildman–Crippen MR) is 122 cm³/mol. The molecule has 1 aliphatic heterocycles. The minimum absolute atomic E-state index is 0.102. The molecule has 0 radical (unpaired) electrons. The van der Waals surface area contributed by atoms with Gasteiger partial charge in [0.05, 0.1) is 5.69 Å². The van der Waals surface area contributed by atoms with Crippen LogP contribution < -0.4 is 4.18 Å². The molecule has 1 N–H and O–H groups in total. The first kappa shape index (κ1) is 22.0. The lowest BCUT2D eigenvalue weighted by Crippen LogP contribution is -2.32. The molecule has 2 aliphatic rings. The monoisotopic (exact) mass is 442 g/mol. The lowest BCUT2D eigenvalue weighted by Gasteiger charge is -2.30. The number of aromatic nitrogens is 1. The number of hydrogen-bond donors (Lipinski definition) is 1. The normalized spacial score (nSPS) is 17.1. The Bertz CT molecular complexity index is 1100. The van der Waals surface area contributed by atoms with Crippen molar-refractivity contribution in [3.05, 3.63) is 63.9 Å². The van der Waals surface area contributed by atoms with Crippen molar-refractivity contribution < 1.29 is 17.2 Å². The maximum atomic E-state index is 11.3. The van der Waals surface area contributed by atoms with Crippen molar-refractivity contribution in [2.24, 2.45) is 0 Å². The molecule has 1 fully saturated rings. The summed E-state index contributed by atoms with van der Waals surface area (Å²) >= 11 is 0. The van der Waals surface area contributed by atoms with E-state index < -0.39 is 10.4 Å². The fourth-order valence-electron chi connectivity index (χ4n) is 4.65. The second kappa shape index (κ2) is 9.10. The van der Waals surface area contributed by atoms with Gasteiger partial charge in [-0.15, -0.1) is 0 Å². The Labute approximate surface area is 184 Å². The smallest absolute Gasteiger partial charge is 0.341 e. The molecule has 2 aromatic rings. The van der Waals surface area contributed by atoms with Gasteiger partial charge in [0.25, 0.3) is 0 Å². The van der Waals surface area contributed by atoms with Crippen LogP contribution in [0.5, 0.6) is 5.88 Å². The molecular formula is C24H30N2O4S. The average Bonchev–Trinajstić information content (AvgIpc) is 2.88. The molecule has 1 aromatic heterocycles. The van der Waals surface area contributed by atoms with E-state index in [0.717, 1.165) is 62.1 Å². The highest BCUT2D eigenvalue weighted by atomic mass is 32.3. The number of aryl methyl sites for hydroxylation is 3. The Balaban J connectivity index is 1.80. The lowest BCUT2D eigenvalue weighted by molar-refractivity contribution is 0.253. The van der Waals surface area contributed by atoms with E-state index >= 15 is 0 Å². The molecule has 2 heterocycles. The quantitative estimate of drug-likeness (QED) is 0.693. The van der Waals surface area contributed by atoms with E-state index in [1.165, 1.54) is 41.2 Å². The second-order valence-corrected chi connectivity index (χ2v) is 9.52. The van der Waals surface area contributed by atoms with Gasteiger partial charge < -0.3 is 9.08 Å². The number of rotatable bonds is 5. The minimum atomic E-state index is -4.62. The lowest BCUT2D eigenvalue weighted by atomic mass is 9.88. The molecule has 0 unspecified atom stereocenters. The van der Waals surface area contributed by atoms with Gasteiger partial charge in [-0.3, -0.25) is 4.55 Å². The van der Waals surface area contributed by atoms with E-state index in [4.69, 9.17) is 8.74 Å². The summed E-state index contributed by atoms with van der Waals surface area (Å²) in [7, 11) is -4.62. The number of likely N-dealkylation sites (tertiary alicyclic amines) is 1. The van der Waals surface area contributed by atoms with Crippen LogP contribution in [0.25, 0.3) is 5.57 Å². The Kier molecular flexibility index (Phi) is 6.46. The Hall–Kier alpha value is -2.22. The largest absolute Gasteiger partial charge is 0.447 e. The summed E-state index contributed by atoms with van der Waals surface area (Å²) in [5, 5.41) is 0. The van der Waals surface area contributed by atoms with E-state index in [1.54, 1.807) is 0 Å². The fourth-order valence-corrected chi connectivity index (χ4v) is 4.96. The van der Waals surface area contributed by atoms with Crippen molar-refractivity contribution in [2.45, 2.75) is 52.4 Å². The average molecular weight is 443 g/mol. The Morgan fingerprint density at radius 3 is 2.52 bits per heavy atom. The zero-order chi connectivity index (χ0) is 22.0. The molecule has 31 heavy (non-hydrogen) atoms. The molecule has 0 spiro atoms. The van der Waals surface area contributed by atoms with Crippen LogP contribution in [0.15, 0.2) is 35.9 Å². The van der Waals surface area contributed by atoms with Gasteiger partial charge in [-0.25, -0.2) is 4.98 Å². The highest BCUT2D eigenvalue weighted by molar-refractivity contribution is 7.81. The van der Waals surface area contributed by atoms with E-state index in [-0.39, 0.29) is 5.88 Å². The van der Waals surface area contributed by atoms with Crippen molar-refractivity contribution in [1.82, 2.24) is 9.88 Å². The topological polar surface area (TPSA) is 79.7 Å². The summed E-state index contributed by atoms with van der Waals surface area (Å²) < 4.78 is 36.3. The first-order chi connectivity index (χ1) is 14.8. The van der Waals surface area contributed by atoms with E-state index in [9.17, 15) is 8.42 Å². The summed E-state index contributed by atoms with van der Waals surface area (Å²) in [6.07, 6.45) is 6.08. The first-order valence-corrected chi connectivity index (χ1v) is 12.4. The highest BCUT2D eigenvalue weighted by Crippen LogP contribution is 2.39. The molecule has 7 heteroatoms. The van der Waals surface area contributed by atoms with Crippen LogP contribution in [-0.2, 0) is 23.2 Å². The predicted octanol–water partition coefficient (Wildman–Crippen LogP) is 4.37. The minimum Gasteiger partial charge on any atom is -0.341 e. The maximum Gasteiger partial charge on any atom is 0.447 e. The SMILES string of the molecule is CCCCN1CCC(=C2c3ccc(C)cc3CCc3ccc(OS(=O)(=O)O)nc32)CC1. The molecular weight excluding hydrogens is 412 g/mol. The summed E-state index contributed by atoms with van der Waals surface area (Å²) in [5.74, 6) is -0.102. The second-order valence-electron chi connectivity index (χ2n) is 8.50. The fraction of sp³-hybridized carbons (Fsp3) is 0.458. The van der Waals surface area contributed by atoms with E-state index in [0.29, 0.717) is 0 Å². The number of fused-ring (bicyclic) bond motifs is 2. The molecule has 1 aromatic carbocycles. The van der Waals surface area contributed by atoms with E-state index in [1.807, 2.05) is 6.07 Å². The third-order valence-corrected chi connectivity index (χ3v) is 6.60. The standard InChI is InChI=1S/C24H30N2O4S/c1-3-4-13-26-14-11-18(12-15-26)23-21-9-5-17(2)16-20(21)7-6-19-8-10-22(25-24(19)23)30-31(27,28)29/h5,8-10,16H,3-4,6-7,11-15H2,1-2H3,(H,27,28,29). The van der Waals surface area contributed by atoms with Gasteiger partial charge >= 0.3 is 10.4 Å². The van der Waals surface area contributed by atoms with Crippen LogP contribution in [-0.4, -0.2) is 42.5 Å². The number of hydrogen-bond acceptors (Lipinski definition) is 5. The van der Waals surface area contributed by atoms with Crippen molar-refractivity contribution >= 4 is 16.0 Å². The van der Waals surface area contributed by atoms with Crippen LogP contribution in [0.4, 0.5) is 0 Å². The molecule has 4 rings (SSSR count). The van der Waals surface area contributed by atoms with Crippen molar-refractivity contribution in [2.75, 3.05) is 19.6 Å². The van der Waals surface area contributed by atoms with Crippen LogP contribution in [0.1, 0.15) is 60.6 Å². The Morgan fingerprint density at radius 1 is 1.06 bits per heavy atom. The third-order valence-electron chi connectivity index (χ3n) is 6.22. The molecule has 0 saturated carbocycles. The number of pyridine rings is 1. The molecule has 1 aliphatic carbocycles. The number of piperidine rings is 1. The van der Waals surface area contributed by atoms with Gasteiger partial charge in [-0.1, -0.05) is 48.7 Å².